The summed E-state index contributed by atoms with van der Waals surface area (Å²) in [6.45, 7) is 5.02. The predicted molar refractivity (Wildman–Crippen MR) is 108 cm³/mol. The lowest BCUT2D eigenvalue weighted by molar-refractivity contribution is -0.120. The molecule has 28 heavy (non-hydrogen) atoms. The fourth-order valence-corrected chi connectivity index (χ4v) is 4.90. The van der Waals surface area contributed by atoms with E-state index in [0.29, 0.717) is 38.7 Å². The first-order chi connectivity index (χ1) is 13.3. The zero-order chi connectivity index (χ0) is 20.3. The third-order valence-electron chi connectivity index (χ3n) is 5.06. The van der Waals surface area contributed by atoms with Gasteiger partial charge in [0.2, 0.25) is 15.9 Å². The normalized spacial score (nSPS) is 22.2. The van der Waals surface area contributed by atoms with Gasteiger partial charge >= 0.3 is 0 Å². The van der Waals surface area contributed by atoms with Crippen molar-refractivity contribution in [1.29, 1.82) is 0 Å². The van der Waals surface area contributed by atoms with Gasteiger partial charge in [-0.3, -0.25) is 14.5 Å². The number of hydrogen-bond donors (Lipinski definition) is 1. The molecule has 1 aromatic heterocycles. The van der Waals surface area contributed by atoms with Gasteiger partial charge in [0.05, 0.1) is 24.7 Å². The van der Waals surface area contributed by atoms with Crippen LogP contribution in [0.15, 0.2) is 17.4 Å². The molecule has 2 saturated heterocycles. The van der Waals surface area contributed by atoms with Crippen LogP contribution in [0.5, 0.6) is 0 Å². The molecule has 1 atom stereocenters. The molecule has 156 valence electrons. The number of aryl methyl sites for hydroxylation is 1. The lowest BCUT2D eigenvalue weighted by atomic mass is 10.2. The Morgan fingerprint density at radius 2 is 2.14 bits per heavy atom. The van der Waals surface area contributed by atoms with Gasteiger partial charge in [-0.2, -0.15) is 9.40 Å². The van der Waals surface area contributed by atoms with Crippen LogP contribution < -0.4 is 10.2 Å². The van der Waals surface area contributed by atoms with Crippen LogP contribution in [-0.4, -0.2) is 90.8 Å². The Morgan fingerprint density at radius 3 is 2.75 bits per heavy atom. The number of anilines is 1. The summed E-state index contributed by atoms with van der Waals surface area (Å²) in [5, 5.41) is 7.36. The molecule has 0 aromatic carbocycles. The van der Waals surface area contributed by atoms with Crippen LogP contribution in [0.25, 0.3) is 0 Å². The first kappa shape index (κ1) is 20.6. The summed E-state index contributed by atoms with van der Waals surface area (Å²) in [6.07, 6.45) is 6.42. The summed E-state index contributed by atoms with van der Waals surface area (Å²) in [4.78, 5) is 21.0. The number of aliphatic imine (C=N–C) groups is 1. The quantitative estimate of drug-likeness (QED) is 0.516. The van der Waals surface area contributed by atoms with Crippen molar-refractivity contribution in [3.8, 4) is 0 Å². The van der Waals surface area contributed by atoms with Crippen LogP contribution in [0.3, 0.4) is 0 Å². The minimum absolute atomic E-state index is 0.0107. The number of amides is 1. The second-order valence-electron chi connectivity index (χ2n) is 7.20. The SMILES string of the molecule is CCNC(=NC[C@H]1CCCN1S(C)(=O)=O)N1CCN(c2cnn(C)c2)C(=O)C1. The fraction of sp³-hybridized carbons (Fsp3) is 0.706. The third-order valence-corrected chi connectivity index (χ3v) is 6.39. The van der Waals surface area contributed by atoms with Crippen LogP contribution in [0.1, 0.15) is 19.8 Å². The van der Waals surface area contributed by atoms with Gasteiger partial charge in [0, 0.05) is 45.5 Å². The molecule has 3 heterocycles. The van der Waals surface area contributed by atoms with E-state index in [4.69, 9.17) is 0 Å². The van der Waals surface area contributed by atoms with Gasteiger partial charge in [-0.15, -0.1) is 0 Å². The molecule has 0 spiro atoms. The standard InChI is InChI=1S/C17H29N7O3S/c1-4-18-17(19-10-14-6-5-7-24(14)28(3,26)27)22-8-9-23(16(25)13-22)15-11-20-21(2)12-15/h11-12,14H,4-10,13H2,1-3H3,(H,18,19)/t14-/m1/s1. The molecule has 0 unspecified atom stereocenters. The summed E-state index contributed by atoms with van der Waals surface area (Å²) in [6, 6.07) is -0.115. The van der Waals surface area contributed by atoms with Crippen LogP contribution in [0, 0.1) is 0 Å². The van der Waals surface area contributed by atoms with Crippen molar-refractivity contribution in [2.45, 2.75) is 25.8 Å². The largest absolute Gasteiger partial charge is 0.357 e. The molecule has 0 bridgehead atoms. The first-order valence-corrected chi connectivity index (χ1v) is 11.4. The maximum Gasteiger partial charge on any atom is 0.246 e. The lowest BCUT2D eigenvalue weighted by Gasteiger charge is -2.35. The van der Waals surface area contributed by atoms with Gasteiger partial charge < -0.3 is 15.1 Å². The van der Waals surface area contributed by atoms with E-state index in [1.807, 2.05) is 25.1 Å². The molecule has 1 amide bonds. The highest BCUT2D eigenvalue weighted by Crippen LogP contribution is 2.21. The minimum atomic E-state index is -3.22. The molecule has 3 rings (SSSR count). The zero-order valence-electron chi connectivity index (χ0n) is 16.7. The van der Waals surface area contributed by atoms with E-state index in [9.17, 15) is 13.2 Å². The number of piperazine rings is 1. The summed E-state index contributed by atoms with van der Waals surface area (Å²) in [7, 11) is -1.40. The second-order valence-corrected chi connectivity index (χ2v) is 9.14. The average Bonchev–Trinajstić information content (AvgIpc) is 3.27. The number of sulfonamides is 1. The second kappa shape index (κ2) is 8.48. The van der Waals surface area contributed by atoms with Gasteiger partial charge in [-0.25, -0.2) is 8.42 Å². The number of guanidine groups is 1. The number of aromatic nitrogens is 2. The van der Waals surface area contributed by atoms with Gasteiger partial charge in [0.25, 0.3) is 0 Å². The first-order valence-electron chi connectivity index (χ1n) is 9.58. The molecular formula is C17H29N7O3S. The lowest BCUT2D eigenvalue weighted by Crippen LogP contribution is -2.55. The molecule has 10 nitrogen and oxygen atoms in total. The van der Waals surface area contributed by atoms with Crippen LogP contribution in [0.4, 0.5) is 5.69 Å². The number of carbonyl (C=O) groups excluding carboxylic acids is 1. The smallest absolute Gasteiger partial charge is 0.246 e. The Morgan fingerprint density at radius 1 is 1.36 bits per heavy atom. The van der Waals surface area contributed by atoms with Crippen molar-refractivity contribution in [3.05, 3.63) is 12.4 Å². The maximum atomic E-state index is 12.6. The summed E-state index contributed by atoms with van der Waals surface area (Å²) >= 11 is 0. The Bertz CT molecular complexity index is 836. The van der Waals surface area contributed by atoms with Crippen molar-refractivity contribution in [1.82, 2.24) is 24.3 Å². The van der Waals surface area contributed by atoms with Crippen molar-refractivity contribution in [3.63, 3.8) is 0 Å². The van der Waals surface area contributed by atoms with Crippen molar-refractivity contribution < 1.29 is 13.2 Å². The van der Waals surface area contributed by atoms with Crippen LogP contribution >= 0.6 is 0 Å². The van der Waals surface area contributed by atoms with E-state index in [1.165, 1.54) is 10.6 Å². The molecule has 1 aromatic rings. The summed E-state index contributed by atoms with van der Waals surface area (Å²) < 4.78 is 27.1. The van der Waals surface area contributed by atoms with Gasteiger partial charge in [-0.1, -0.05) is 0 Å². The molecule has 2 fully saturated rings. The van der Waals surface area contributed by atoms with E-state index in [0.717, 1.165) is 18.5 Å². The Balaban J connectivity index is 1.67. The van der Waals surface area contributed by atoms with Crippen molar-refractivity contribution in [2.24, 2.45) is 12.0 Å². The molecular weight excluding hydrogens is 382 g/mol. The highest BCUT2D eigenvalue weighted by atomic mass is 32.2. The van der Waals surface area contributed by atoms with E-state index in [2.05, 4.69) is 15.4 Å². The molecule has 1 N–H and O–H groups in total. The Labute approximate surface area is 166 Å². The molecule has 0 saturated carbocycles. The van der Waals surface area contributed by atoms with E-state index < -0.39 is 10.0 Å². The van der Waals surface area contributed by atoms with Gasteiger partial charge in [-0.05, 0) is 19.8 Å². The number of nitrogens with zero attached hydrogens (tertiary/aromatic N) is 6. The van der Waals surface area contributed by atoms with Crippen molar-refractivity contribution >= 4 is 27.6 Å². The topological polar surface area (TPSA) is 103 Å². The number of nitrogens with one attached hydrogen (secondary N) is 1. The Kier molecular flexibility index (Phi) is 6.23. The third kappa shape index (κ3) is 4.64. The highest BCUT2D eigenvalue weighted by Gasteiger charge is 2.32. The Hall–Kier alpha value is -2.14. The highest BCUT2D eigenvalue weighted by molar-refractivity contribution is 7.88. The number of rotatable bonds is 5. The summed E-state index contributed by atoms with van der Waals surface area (Å²) in [5.74, 6) is 0.644. The predicted octanol–water partition coefficient (Wildman–Crippen LogP) is -0.542. The van der Waals surface area contributed by atoms with E-state index in [-0.39, 0.29) is 18.5 Å². The molecule has 11 heteroatoms. The maximum absolute atomic E-state index is 12.6. The fourth-order valence-electron chi connectivity index (χ4n) is 3.72. The van der Waals surface area contributed by atoms with E-state index >= 15 is 0 Å². The summed E-state index contributed by atoms with van der Waals surface area (Å²) in [5.41, 5.74) is 0.795. The van der Waals surface area contributed by atoms with E-state index in [1.54, 1.807) is 15.8 Å². The van der Waals surface area contributed by atoms with Crippen molar-refractivity contribution in [2.75, 3.05) is 50.4 Å². The number of carbonyl (C=O) groups is 1. The zero-order valence-corrected chi connectivity index (χ0v) is 17.5. The average molecular weight is 412 g/mol. The molecule has 0 radical (unpaired) electrons. The monoisotopic (exact) mass is 411 g/mol. The van der Waals surface area contributed by atoms with Gasteiger partial charge in [0.15, 0.2) is 5.96 Å². The molecule has 2 aliphatic rings. The number of hydrogen-bond acceptors (Lipinski definition) is 5. The van der Waals surface area contributed by atoms with Crippen LogP contribution in [0.2, 0.25) is 0 Å². The minimum Gasteiger partial charge on any atom is -0.357 e. The molecule has 0 aliphatic carbocycles. The van der Waals surface area contributed by atoms with Crippen LogP contribution in [-0.2, 0) is 21.9 Å². The van der Waals surface area contributed by atoms with Gasteiger partial charge in [0.1, 0.15) is 6.54 Å². The molecule has 2 aliphatic heterocycles.